The quantitative estimate of drug-likeness (QED) is 0.568. The number of aromatic nitrogens is 2. The van der Waals surface area contributed by atoms with Gasteiger partial charge in [0, 0.05) is 26.5 Å². The van der Waals surface area contributed by atoms with Gasteiger partial charge in [-0.2, -0.15) is 0 Å². The van der Waals surface area contributed by atoms with E-state index in [1.165, 1.54) is 5.56 Å². The Morgan fingerprint density at radius 3 is 2.67 bits per heavy atom. The smallest absolute Gasteiger partial charge is 0.177 e. The van der Waals surface area contributed by atoms with Gasteiger partial charge in [-0.3, -0.25) is 0 Å². The molecule has 0 unspecified atom stereocenters. The number of hydrogen-bond donors (Lipinski definition) is 1. The Hall–Kier alpha value is -1.43. The van der Waals surface area contributed by atoms with Crippen LogP contribution in [0.2, 0.25) is 0 Å². The van der Waals surface area contributed by atoms with Gasteiger partial charge in [0.2, 0.25) is 0 Å². The zero-order valence-electron chi connectivity index (χ0n) is 12.4. The van der Waals surface area contributed by atoms with Crippen LogP contribution >= 0.6 is 12.2 Å². The first-order valence-corrected chi connectivity index (χ1v) is 7.64. The number of methoxy groups -OCH3 is 1. The van der Waals surface area contributed by atoms with Gasteiger partial charge in [-0.25, -0.2) is 0 Å². The van der Waals surface area contributed by atoms with Crippen molar-refractivity contribution >= 4 is 12.2 Å². The van der Waals surface area contributed by atoms with E-state index >= 15 is 0 Å². The molecule has 0 aliphatic rings. The molecule has 5 heteroatoms. The van der Waals surface area contributed by atoms with Gasteiger partial charge in [0.1, 0.15) is 0 Å². The lowest BCUT2D eigenvalue weighted by molar-refractivity contribution is 0.0684. The molecule has 0 spiro atoms. The molecule has 1 aromatic heterocycles. The summed E-state index contributed by atoms with van der Waals surface area (Å²) in [7, 11) is 1.68. The normalized spacial score (nSPS) is 10.9. The molecule has 114 valence electrons. The molecule has 0 amide bonds. The van der Waals surface area contributed by atoms with E-state index in [0.717, 1.165) is 36.5 Å². The van der Waals surface area contributed by atoms with Gasteiger partial charge in [0.15, 0.2) is 4.77 Å². The summed E-state index contributed by atoms with van der Waals surface area (Å²) in [5.41, 5.74) is 2.32. The molecule has 2 aromatic rings. The highest BCUT2D eigenvalue weighted by atomic mass is 32.1. The maximum Gasteiger partial charge on any atom is 0.177 e. The van der Waals surface area contributed by atoms with Crippen LogP contribution in [0.15, 0.2) is 36.5 Å². The molecule has 0 aliphatic heterocycles. The van der Waals surface area contributed by atoms with E-state index in [2.05, 4.69) is 21.7 Å². The van der Waals surface area contributed by atoms with Crippen LogP contribution in [0.4, 0.5) is 0 Å². The van der Waals surface area contributed by atoms with Gasteiger partial charge in [0.25, 0.3) is 0 Å². The van der Waals surface area contributed by atoms with E-state index in [0.29, 0.717) is 13.2 Å². The number of imidazole rings is 1. The zero-order valence-corrected chi connectivity index (χ0v) is 13.2. The summed E-state index contributed by atoms with van der Waals surface area (Å²) in [5, 5.41) is 0. The maximum atomic E-state index is 5.47. The predicted molar refractivity (Wildman–Crippen MR) is 87.0 cm³/mol. The molecule has 0 fully saturated rings. The SMILES string of the molecule is COCCOCCCCn1c(-c2ccccc2)c[nH]c1=S. The van der Waals surface area contributed by atoms with Crippen LogP contribution in [0.1, 0.15) is 12.8 Å². The maximum absolute atomic E-state index is 5.47. The van der Waals surface area contributed by atoms with Crippen molar-refractivity contribution in [3.63, 3.8) is 0 Å². The summed E-state index contributed by atoms with van der Waals surface area (Å²) in [6.07, 6.45) is 4.04. The van der Waals surface area contributed by atoms with Crippen LogP contribution in [0, 0.1) is 4.77 Å². The van der Waals surface area contributed by atoms with E-state index in [9.17, 15) is 0 Å². The topological polar surface area (TPSA) is 39.2 Å². The Morgan fingerprint density at radius 1 is 1.10 bits per heavy atom. The lowest BCUT2D eigenvalue weighted by atomic mass is 10.1. The third-order valence-corrected chi connectivity index (χ3v) is 3.63. The third kappa shape index (κ3) is 4.81. The molecule has 4 nitrogen and oxygen atoms in total. The van der Waals surface area contributed by atoms with Crippen molar-refractivity contribution in [2.75, 3.05) is 26.9 Å². The molecule has 0 radical (unpaired) electrons. The van der Waals surface area contributed by atoms with E-state index in [4.69, 9.17) is 21.7 Å². The van der Waals surface area contributed by atoms with Crippen molar-refractivity contribution in [3.8, 4) is 11.3 Å². The van der Waals surface area contributed by atoms with Gasteiger partial charge in [0.05, 0.1) is 18.9 Å². The van der Waals surface area contributed by atoms with Crippen molar-refractivity contribution in [1.82, 2.24) is 9.55 Å². The number of H-pyrrole nitrogens is 1. The fraction of sp³-hybridized carbons (Fsp3) is 0.438. The monoisotopic (exact) mass is 306 g/mol. The standard InChI is InChI=1S/C16H22N2O2S/c1-19-11-12-20-10-6-5-9-18-15(13-17-16(18)21)14-7-3-2-4-8-14/h2-4,7-8,13H,5-6,9-12H2,1H3,(H,17,21). The number of nitrogens with zero attached hydrogens (tertiary/aromatic N) is 1. The number of benzene rings is 1. The van der Waals surface area contributed by atoms with E-state index < -0.39 is 0 Å². The van der Waals surface area contributed by atoms with Crippen molar-refractivity contribution in [2.24, 2.45) is 0 Å². The molecule has 1 heterocycles. The fourth-order valence-corrected chi connectivity index (χ4v) is 2.43. The van der Waals surface area contributed by atoms with Gasteiger partial charge >= 0.3 is 0 Å². The molecule has 1 N–H and O–H groups in total. The minimum absolute atomic E-state index is 0.654. The Labute approximate surface area is 130 Å². The molecule has 1 aromatic carbocycles. The van der Waals surface area contributed by atoms with Crippen LogP contribution < -0.4 is 0 Å². The molecule has 2 rings (SSSR count). The second kappa shape index (κ2) is 8.77. The summed E-state index contributed by atoms with van der Waals surface area (Å²) in [6.45, 7) is 2.98. The van der Waals surface area contributed by atoms with Crippen molar-refractivity contribution in [2.45, 2.75) is 19.4 Å². The summed E-state index contributed by atoms with van der Waals surface area (Å²) < 4.78 is 13.3. The van der Waals surface area contributed by atoms with Crippen LogP contribution in [0.25, 0.3) is 11.3 Å². The number of hydrogen-bond acceptors (Lipinski definition) is 3. The predicted octanol–water partition coefficient (Wildman–Crippen LogP) is 3.66. The van der Waals surface area contributed by atoms with Crippen LogP contribution in [0.5, 0.6) is 0 Å². The lowest BCUT2D eigenvalue weighted by Gasteiger charge is -2.09. The average Bonchev–Trinajstić information content (AvgIpc) is 2.88. The number of unbranched alkanes of at least 4 members (excludes halogenated alkanes) is 1. The second-order valence-corrected chi connectivity index (χ2v) is 5.20. The minimum Gasteiger partial charge on any atom is -0.382 e. The van der Waals surface area contributed by atoms with Crippen molar-refractivity contribution in [3.05, 3.63) is 41.3 Å². The molecule has 0 saturated heterocycles. The fourth-order valence-electron chi connectivity index (χ4n) is 2.18. The average molecular weight is 306 g/mol. The van der Waals surface area contributed by atoms with E-state index in [1.54, 1.807) is 7.11 Å². The van der Waals surface area contributed by atoms with Gasteiger partial charge in [-0.15, -0.1) is 0 Å². The number of aromatic amines is 1. The largest absolute Gasteiger partial charge is 0.382 e. The molecule has 21 heavy (non-hydrogen) atoms. The highest BCUT2D eigenvalue weighted by Gasteiger charge is 2.05. The van der Waals surface area contributed by atoms with E-state index in [-0.39, 0.29) is 0 Å². The Bertz CT molecular complexity index is 577. The first-order valence-electron chi connectivity index (χ1n) is 7.23. The summed E-state index contributed by atoms with van der Waals surface area (Å²) in [4.78, 5) is 3.13. The van der Waals surface area contributed by atoms with Crippen molar-refractivity contribution in [1.29, 1.82) is 0 Å². The van der Waals surface area contributed by atoms with Crippen LogP contribution in [0.3, 0.4) is 0 Å². The van der Waals surface area contributed by atoms with Gasteiger partial charge in [-0.05, 0) is 30.6 Å². The molecule has 0 atom stereocenters. The third-order valence-electron chi connectivity index (χ3n) is 3.29. The molecule has 0 bridgehead atoms. The number of nitrogens with one attached hydrogen (secondary N) is 1. The first kappa shape index (κ1) is 15.9. The summed E-state index contributed by atoms with van der Waals surface area (Å²) >= 11 is 5.37. The van der Waals surface area contributed by atoms with E-state index in [1.807, 2.05) is 24.4 Å². The minimum atomic E-state index is 0.654. The molecule has 0 aliphatic carbocycles. The lowest BCUT2D eigenvalue weighted by Crippen LogP contribution is -2.05. The highest BCUT2D eigenvalue weighted by molar-refractivity contribution is 7.71. The second-order valence-electron chi connectivity index (χ2n) is 4.81. The van der Waals surface area contributed by atoms with Gasteiger partial charge in [-0.1, -0.05) is 30.3 Å². The molecular weight excluding hydrogens is 284 g/mol. The van der Waals surface area contributed by atoms with Crippen LogP contribution in [-0.2, 0) is 16.0 Å². The number of rotatable bonds is 9. The Kier molecular flexibility index (Phi) is 6.66. The summed E-state index contributed by atoms with van der Waals surface area (Å²) in [5.74, 6) is 0. The highest BCUT2D eigenvalue weighted by Crippen LogP contribution is 2.19. The van der Waals surface area contributed by atoms with Crippen LogP contribution in [-0.4, -0.2) is 36.5 Å². The van der Waals surface area contributed by atoms with Gasteiger partial charge < -0.3 is 19.0 Å². The first-order chi connectivity index (χ1) is 10.3. The Morgan fingerprint density at radius 2 is 1.90 bits per heavy atom. The zero-order chi connectivity index (χ0) is 14.9. The summed E-state index contributed by atoms with van der Waals surface area (Å²) in [6, 6.07) is 10.3. The van der Waals surface area contributed by atoms with Crippen molar-refractivity contribution < 1.29 is 9.47 Å². The Balaban J connectivity index is 1.86. The number of ether oxygens (including phenoxy) is 2. The molecular formula is C16H22N2O2S. The molecule has 0 saturated carbocycles.